The van der Waals surface area contributed by atoms with Crippen molar-refractivity contribution in [2.24, 2.45) is 0 Å². The number of aryl methyl sites for hydroxylation is 2. The third-order valence-corrected chi connectivity index (χ3v) is 4.75. The quantitative estimate of drug-likeness (QED) is 0.235. The monoisotopic (exact) mass is 504 g/mol. The molecule has 0 spiro atoms. The van der Waals surface area contributed by atoms with Crippen LogP contribution < -0.4 is 14.2 Å². The highest BCUT2D eigenvalue weighted by atomic mass is 79.9. The van der Waals surface area contributed by atoms with Crippen molar-refractivity contribution in [3.05, 3.63) is 63.9 Å². The smallest absolute Gasteiger partial charge is 0.416 e. The second-order valence-electron chi connectivity index (χ2n) is 6.81. The number of hydrogen-bond acceptors (Lipinski definition) is 3. The molecular formula is C23H25BrF4O3. The minimum Gasteiger partial charge on any atom is -0.494 e. The number of alkyl halides is 3. The Bertz CT molecular complexity index is 860. The lowest BCUT2D eigenvalue weighted by Crippen LogP contribution is -2.06. The van der Waals surface area contributed by atoms with Gasteiger partial charge in [-0.25, -0.2) is 0 Å². The predicted molar refractivity (Wildman–Crippen MR) is 116 cm³/mol. The molecule has 2 aromatic carbocycles. The SMILES string of the molecule is CCc1cc(OC/C=C(/F)Br)cc(C)c1OCCCCOc1ccc(C(F)(F)F)cc1. The Hall–Kier alpha value is -2.22. The van der Waals surface area contributed by atoms with Gasteiger partial charge in [0.05, 0.1) is 18.8 Å². The predicted octanol–water partition coefficient (Wildman–Crippen LogP) is 7.40. The number of ether oxygens (including phenoxy) is 3. The van der Waals surface area contributed by atoms with Crippen LogP contribution in [0.1, 0.15) is 36.5 Å². The van der Waals surface area contributed by atoms with Gasteiger partial charge in [0.1, 0.15) is 23.9 Å². The summed E-state index contributed by atoms with van der Waals surface area (Å²) in [6.45, 7) is 4.94. The molecule has 8 heteroatoms. The van der Waals surface area contributed by atoms with E-state index in [0.717, 1.165) is 41.9 Å². The van der Waals surface area contributed by atoms with E-state index in [1.165, 1.54) is 18.2 Å². The van der Waals surface area contributed by atoms with Crippen LogP contribution in [0.5, 0.6) is 17.2 Å². The number of halogens is 5. The summed E-state index contributed by atoms with van der Waals surface area (Å²) in [5, 5.41) is 0. The standard InChI is InChI=1S/C23H25BrF4O3/c1-3-17-15-20(30-13-10-21(24)25)14-16(2)22(17)31-12-5-4-11-29-19-8-6-18(7-9-19)23(26,27)28/h6-10,14-15H,3-5,11-13H2,1-2H3/b21-10+. The topological polar surface area (TPSA) is 27.7 Å². The van der Waals surface area contributed by atoms with Crippen LogP contribution in [-0.2, 0) is 12.6 Å². The first-order chi connectivity index (χ1) is 14.7. The normalized spacial score (nSPS) is 12.0. The fourth-order valence-corrected chi connectivity index (χ4v) is 3.01. The van der Waals surface area contributed by atoms with Crippen LogP contribution in [0, 0.1) is 6.92 Å². The highest BCUT2D eigenvalue weighted by Crippen LogP contribution is 2.31. The Balaban J connectivity index is 1.78. The van der Waals surface area contributed by atoms with E-state index < -0.39 is 16.5 Å². The maximum Gasteiger partial charge on any atom is 0.416 e. The second-order valence-corrected chi connectivity index (χ2v) is 7.57. The first-order valence-electron chi connectivity index (χ1n) is 9.91. The fourth-order valence-electron chi connectivity index (χ4n) is 2.87. The Labute approximate surface area is 188 Å². The second kappa shape index (κ2) is 12.0. The molecule has 170 valence electrons. The molecule has 0 radical (unpaired) electrons. The third kappa shape index (κ3) is 8.44. The molecule has 0 saturated heterocycles. The molecule has 0 N–H and O–H groups in total. The molecule has 0 bridgehead atoms. The van der Waals surface area contributed by atoms with Gasteiger partial charge >= 0.3 is 6.18 Å². The lowest BCUT2D eigenvalue weighted by atomic mass is 10.1. The summed E-state index contributed by atoms with van der Waals surface area (Å²) in [5.74, 6) is 1.86. The highest BCUT2D eigenvalue weighted by molar-refractivity contribution is 9.11. The molecule has 0 unspecified atom stereocenters. The van der Waals surface area contributed by atoms with Gasteiger partial charge < -0.3 is 14.2 Å². The molecule has 0 heterocycles. The highest BCUT2D eigenvalue weighted by Gasteiger charge is 2.29. The van der Waals surface area contributed by atoms with E-state index in [2.05, 4.69) is 15.9 Å². The van der Waals surface area contributed by atoms with Crippen molar-refractivity contribution in [3.63, 3.8) is 0 Å². The lowest BCUT2D eigenvalue weighted by Gasteiger charge is -2.16. The van der Waals surface area contributed by atoms with Crippen LogP contribution in [-0.4, -0.2) is 19.8 Å². The zero-order valence-electron chi connectivity index (χ0n) is 17.4. The van der Waals surface area contributed by atoms with E-state index >= 15 is 0 Å². The number of unbranched alkanes of at least 4 members (excludes halogenated alkanes) is 1. The van der Waals surface area contributed by atoms with Gasteiger partial charge in [-0.3, -0.25) is 0 Å². The average Bonchev–Trinajstić information content (AvgIpc) is 2.70. The van der Waals surface area contributed by atoms with Gasteiger partial charge in [-0.15, -0.1) is 0 Å². The molecule has 3 nitrogen and oxygen atoms in total. The molecule has 0 aromatic heterocycles. The van der Waals surface area contributed by atoms with E-state index in [9.17, 15) is 17.6 Å². The molecule has 0 saturated carbocycles. The van der Waals surface area contributed by atoms with Gasteiger partial charge in [-0.1, -0.05) is 6.92 Å². The minimum atomic E-state index is -4.35. The van der Waals surface area contributed by atoms with Gasteiger partial charge in [0.25, 0.3) is 0 Å². The van der Waals surface area contributed by atoms with Crippen LogP contribution in [0.2, 0.25) is 0 Å². The van der Waals surface area contributed by atoms with Gasteiger partial charge in [-0.2, -0.15) is 17.6 Å². The molecule has 0 aliphatic carbocycles. The van der Waals surface area contributed by atoms with E-state index in [1.54, 1.807) is 0 Å². The number of hydrogen-bond donors (Lipinski definition) is 0. The Morgan fingerprint density at radius 1 is 0.968 bits per heavy atom. The van der Waals surface area contributed by atoms with Crippen LogP contribution in [0.4, 0.5) is 17.6 Å². The first-order valence-corrected chi connectivity index (χ1v) is 10.7. The van der Waals surface area contributed by atoms with Crippen LogP contribution in [0.15, 0.2) is 47.2 Å². The third-order valence-electron chi connectivity index (χ3n) is 4.43. The summed E-state index contributed by atoms with van der Waals surface area (Å²) in [6, 6.07) is 8.39. The first kappa shape index (κ1) is 25.0. The molecule has 0 aliphatic rings. The molecular weight excluding hydrogens is 480 g/mol. The molecule has 2 rings (SSSR count). The fraction of sp³-hybridized carbons (Fsp3) is 0.391. The Kier molecular flexibility index (Phi) is 9.68. The van der Waals surface area contributed by atoms with Crippen molar-refractivity contribution in [1.82, 2.24) is 0 Å². The van der Waals surface area contributed by atoms with Crippen molar-refractivity contribution >= 4 is 15.9 Å². The van der Waals surface area contributed by atoms with Crippen molar-refractivity contribution in [1.29, 1.82) is 0 Å². The minimum absolute atomic E-state index is 0.124. The molecule has 0 fully saturated rings. The van der Waals surface area contributed by atoms with Crippen molar-refractivity contribution in [2.75, 3.05) is 19.8 Å². The summed E-state index contributed by atoms with van der Waals surface area (Å²) < 4.78 is 66.9. The van der Waals surface area contributed by atoms with E-state index in [1.807, 2.05) is 26.0 Å². The number of benzene rings is 2. The van der Waals surface area contributed by atoms with Gasteiger partial charge in [0, 0.05) is 0 Å². The Morgan fingerprint density at radius 3 is 2.19 bits per heavy atom. The van der Waals surface area contributed by atoms with Crippen molar-refractivity contribution in [3.8, 4) is 17.2 Å². The van der Waals surface area contributed by atoms with E-state index in [4.69, 9.17) is 14.2 Å². The summed E-state index contributed by atoms with van der Waals surface area (Å²) in [5.41, 5.74) is 1.23. The largest absolute Gasteiger partial charge is 0.494 e. The summed E-state index contributed by atoms with van der Waals surface area (Å²) in [6.07, 6.45) is -0.868. The average molecular weight is 505 g/mol. The maximum atomic E-state index is 12.7. The van der Waals surface area contributed by atoms with Gasteiger partial charge in [0.15, 0.2) is 4.74 Å². The summed E-state index contributed by atoms with van der Waals surface area (Å²) >= 11 is 2.72. The maximum absolute atomic E-state index is 12.7. The molecule has 2 aromatic rings. The zero-order chi connectivity index (χ0) is 22.9. The lowest BCUT2D eigenvalue weighted by molar-refractivity contribution is -0.137. The summed E-state index contributed by atoms with van der Waals surface area (Å²) in [7, 11) is 0. The zero-order valence-corrected chi connectivity index (χ0v) is 19.0. The van der Waals surface area contributed by atoms with Gasteiger partial charge in [-0.05, 0) is 95.7 Å². The molecule has 0 aliphatic heterocycles. The van der Waals surface area contributed by atoms with Crippen molar-refractivity contribution < 1.29 is 31.8 Å². The number of rotatable bonds is 11. The Morgan fingerprint density at radius 2 is 1.61 bits per heavy atom. The molecule has 31 heavy (non-hydrogen) atoms. The van der Waals surface area contributed by atoms with E-state index in [0.29, 0.717) is 31.1 Å². The molecule has 0 amide bonds. The van der Waals surface area contributed by atoms with Crippen molar-refractivity contribution in [2.45, 2.75) is 39.3 Å². The van der Waals surface area contributed by atoms with E-state index in [-0.39, 0.29) is 6.61 Å². The van der Waals surface area contributed by atoms with Crippen LogP contribution in [0.25, 0.3) is 0 Å². The van der Waals surface area contributed by atoms with Crippen LogP contribution >= 0.6 is 15.9 Å². The molecule has 0 atom stereocenters. The summed E-state index contributed by atoms with van der Waals surface area (Å²) in [4.78, 5) is 0. The van der Waals surface area contributed by atoms with Gasteiger partial charge in [0.2, 0.25) is 0 Å². The van der Waals surface area contributed by atoms with Crippen LogP contribution in [0.3, 0.4) is 0 Å².